The highest BCUT2D eigenvalue weighted by Crippen LogP contribution is 2.38. The van der Waals surface area contributed by atoms with Gasteiger partial charge in [-0.25, -0.2) is 9.98 Å². The third kappa shape index (κ3) is 3.97. The summed E-state index contributed by atoms with van der Waals surface area (Å²) in [7, 11) is 0. The van der Waals surface area contributed by atoms with Crippen LogP contribution in [0.4, 0.5) is 22.9 Å². The molecule has 30 heavy (non-hydrogen) atoms. The number of anilines is 3. The average Bonchev–Trinajstić information content (AvgIpc) is 2.73. The first-order valence-electron chi connectivity index (χ1n) is 10.1. The molecule has 1 aromatic heterocycles. The lowest BCUT2D eigenvalue weighted by molar-refractivity contribution is 0.311. The molecular formula is C23H25N5O2. The Morgan fingerprint density at radius 2 is 2.03 bits per heavy atom. The first-order chi connectivity index (χ1) is 14.6. The van der Waals surface area contributed by atoms with Gasteiger partial charge < -0.3 is 20.3 Å². The van der Waals surface area contributed by atoms with E-state index in [1.54, 1.807) is 0 Å². The Morgan fingerprint density at radius 3 is 2.80 bits per heavy atom. The molecule has 7 heteroatoms. The summed E-state index contributed by atoms with van der Waals surface area (Å²) in [5.41, 5.74) is 4.84. The molecule has 0 saturated carbocycles. The summed E-state index contributed by atoms with van der Waals surface area (Å²) in [6.45, 7) is 6.98. The molecule has 154 valence electrons. The lowest BCUT2D eigenvalue weighted by atomic mass is 10.1. The third-order valence-electron chi connectivity index (χ3n) is 5.14. The normalized spacial score (nSPS) is 12.1. The van der Waals surface area contributed by atoms with Gasteiger partial charge in [0, 0.05) is 18.8 Å². The molecule has 1 aliphatic heterocycles. The molecule has 2 heterocycles. The van der Waals surface area contributed by atoms with Crippen molar-refractivity contribution in [3.8, 4) is 0 Å². The van der Waals surface area contributed by atoms with Gasteiger partial charge in [0.05, 0.1) is 18.0 Å². The van der Waals surface area contributed by atoms with Crippen molar-refractivity contribution in [2.75, 3.05) is 29.9 Å². The van der Waals surface area contributed by atoms with Crippen LogP contribution in [0.1, 0.15) is 17.5 Å². The van der Waals surface area contributed by atoms with Crippen molar-refractivity contribution in [3.63, 3.8) is 0 Å². The van der Waals surface area contributed by atoms with Gasteiger partial charge in [-0.1, -0.05) is 36.9 Å². The van der Waals surface area contributed by atoms with Crippen LogP contribution in [0.15, 0.2) is 52.3 Å². The number of aliphatic hydroxyl groups is 1. The minimum atomic E-state index is -0.288. The van der Waals surface area contributed by atoms with Gasteiger partial charge in [-0.15, -0.1) is 0 Å². The van der Waals surface area contributed by atoms with Gasteiger partial charge in [-0.3, -0.25) is 4.79 Å². The maximum absolute atomic E-state index is 12.5. The fraction of sp³-hybridized carbons (Fsp3) is 0.261. The Hall–Kier alpha value is -3.45. The standard InChI is InChI=1S/C23H25N5O2/c1-15-13-19-20(14-18(15)24-10-12-29)28(11-6-9-17-7-4-3-5-8-17)22-21(27-19)23(30)26-16(2)25-22/h3-5,7-8,13-14,24,29H,2,6,9-12H2,1H3,(H,26,30). The zero-order valence-electron chi connectivity index (χ0n) is 17.0. The molecule has 4 rings (SSSR count). The molecule has 3 aromatic rings. The Morgan fingerprint density at radius 1 is 1.23 bits per heavy atom. The highest BCUT2D eigenvalue weighted by molar-refractivity contribution is 5.80. The molecule has 0 amide bonds. The highest BCUT2D eigenvalue weighted by atomic mass is 16.3. The Balaban J connectivity index is 1.75. The van der Waals surface area contributed by atoms with Crippen LogP contribution < -0.4 is 26.6 Å². The van der Waals surface area contributed by atoms with Gasteiger partial charge in [0.25, 0.3) is 5.56 Å². The Labute approximate surface area is 174 Å². The van der Waals surface area contributed by atoms with Crippen LogP contribution >= 0.6 is 0 Å². The van der Waals surface area contributed by atoms with Crippen molar-refractivity contribution >= 4 is 29.5 Å². The van der Waals surface area contributed by atoms with Crippen molar-refractivity contribution < 1.29 is 5.11 Å². The van der Waals surface area contributed by atoms with E-state index in [0.29, 0.717) is 29.7 Å². The van der Waals surface area contributed by atoms with E-state index in [1.165, 1.54) is 5.56 Å². The third-order valence-corrected chi connectivity index (χ3v) is 5.14. The van der Waals surface area contributed by atoms with Crippen LogP contribution in [0.25, 0.3) is 6.58 Å². The van der Waals surface area contributed by atoms with E-state index in [4.69, 9.17) is 0 Å². The van der Waals surface area contributed by atoms with E-state index >= 15 is 0 Å². The van der Waals surface area contributed by atoms with Gasteiger partial charge in [-0.05, 0) is 43.0 Å². The van der Waals surface area contributed by atoms with Gasteiger partial charge >= 0.3 is 0 Å². The highest BCUT2D eigenvalue weighted by Gasteiger charge is 2.23. The number of hydrogen-bond acceptors (Lipinski definition) is 6. The van der Waals surface area contributed by atoms with E-state index < -0.39 is 0 Å². The molecule has 0 spiro atoms. The van der Waals surface area contributed by atoms with E-state index in [9.17, 15) is 9.90 Å². The topological polar surface area (TPSA) is 93.6 Å². The van der Waals surface area contributed by atoms with Crippen molar-refractivity contribution in [2.45, 2.75) is 19.8 Å². The number of aryl methyl sites for hydroxylation is 2. The number of aromatic amines is 1. The SMILES string of the molecule is C=c1nc2c(c(=O)[nH]1)=Nc1cc(C)c(NCCO)cc1N2CCCc1ccccc1. The molecular weight excluding hydrogens is 378 g/mol. The molecule has 2 aromatic carbocycles. The van der Waals surface area contributed by atoms with Gasteiger partial charge in [0.1, 0.15) is 5.48 Å². The van der Waals surface area contributed by atoms with Gasteiger partial charge in [0.2, 0.25) is 0 Å². The summed E-state index contributed by atoms with van der Waals surface area (Å²) in [5, 5.41) is 12.7. The summed E-state index contributed by atoms with van der Waals surface area (Å²) in [4.78, 5) is 26.3. The summed E-state index contributed by atoms with van der Waals surface area (Å²) < 4.78 is 0. The van der Waals surface area contributed by atoms with E-state index in [0.717, 1.165) is 35.5 Å². The molecule has 0 unspecified atom stereocenters. The lowest BCUT2D eigenvalue weighted by Crippen LogP contribution is -2.42. The summed E-state index contributed by atoms with van der Waals surface area (Å²) in [6, 6.07) is 14.3. The quantitative estimate of drug-likeness (QED) is 0.561. The second-order valence-electron chi connectivity index (χ2n) is 7.34. The fourth-order valence-corrected chi connectivity index (χ4v) is 3.70. The maximum Gasteiger partial charge on any atom is 0.279 e. The predicted octanol–water partition coefficient (Wildman–Crippen LogP) is 1.93. The number of rotatable bonds is 7. The molecule has 7 nitrogen and oxygen atoms in total. The number of nitrogens with zero attached hydrogens (tertiary/aromatic N) is 3. The minimum Gasteiger partial charge on any atom is -0.395 e. The van der Waals surface area contributed by atoms with Crippen LogP contribution in [0.5, 0.6) is 0 Å². The molecule has 0 saturated heterocycles. The van der Waals surface area contributed by atoms with Crippen LogP contribution in [0.3, 0.4) is 0 Å². The number of aliphatic hydroxyl groups excluding tert-OH is 1. The molecule has 3 N–H and O–H groups in total. The molecule has 0 atom stereocenters. The zero-order valence-corrected chi connectivity index (χ0v) is 17.0. The Kier molecular flexibility index (Phi) is 5.63. The summed E-state index contributed by atoms with van der Waals surface area (Å²) >= 11 is 0. The smallest absolute Gasteiger partial charge is 0.279 e. The van der Waals surface area contributed by atoms with Crippen LogP contribution in [-0.2, 0) is 6.42 Å². The number of fused-ring (bicyclic) bond motifs is 2. The zero-order chi connectivity index (χ0) is 21.1. The van der Waals surface area contributed by atoms with Gasteiger partial charge in [-0.2, -0.15) is 0 Å². The van der Waals surface area contributed by atoms with Crippen LogP contribution in [-0.4, -0.2) is 34.8 Å². The molecule has 0 bridgehead atoms. The van der Waals surface area contributed by atoms with Crippen molar-refractivity contribution in [3.05, 3.63) is 74.8 Å². The number of aromatic nitrogens is 2. The number of benzene rings is 2. The van der Waals surface area contributed by atoms with Crippen molar-refractivity contribution in [2.24, 2.45) is 4.99 Å². The number of H-pyrrole nitrogens is 1. The van der Waals surface area contributed by atoms with E-state index in [2.05, 4.69) is 39.0 Å². The first-order valence-corrected chi connectivity index (χ1v) is 10.1. The second-order valence-corrected chi connectivity index (χ2v) is 7.34. The van der Waals surface area contributed by atoms with Crippen LogP contribution in [0.2, 0.25) is 0 Å². The molecule has 0 fully saturated rings. The predicted molar refractivity (Wildman–Crippen MR) is 119 cm³/mol. The van der Waals surface area contributed by atoms with Crippen LogP contribution in [0, 0.1) is 6.92 Å². The summed E-state index contributed by atoms with van der Waals surface area (Å²) in [6.07, 6.45) is 1.80. The van der Waals surface area contributed by atoms with E-state index in [-0.39, 0.29) is 12.2 Å². The Bertz CT molecular complexity index is 1220. The molecule has 1 aliphatic rings. The van der Waals surface area contributed by atoms with Gasteiger partial charge in [0.15, 0.2) is 11.2 Å². The summed E-state index contributed by atoms with van der Waals surface area (Å²) in [5.74, 6) is 0.529. The molecule has 0 radical (unpaired) electrons. The largest absolute Gasteiger partial charge is 0.395 e. The first kappa shape index (κ1) is 19.8. The minimum absolute atomic E-state index is 0.0479. The molecule has 0 aliphatic carbocycles. The maximum atomic E-state index is 12.5. The monoisotopic (exact) mass is 403 g/mol. The average molecular weight is 403 g/mol. The lowest BCUT2D eigenvalue weighted by Gasteiger charge is -2.29. The number of nitrogens with one attached hydrogen (secondary N) is 2. The van der Waals surface area contributed by atoms with E-state index in [1.807, 2.05) is 42.2 Å². The second kappa shape index (κ2) is 8.51. The number of hydrogen-bond donors (Lipinski definition) is 3. The fourth-order valence-electron chi connectivity index (χ4n) is 3.70. The van der Waals surface area contributed by atoms with Crippen molar-refractivity contribution in [1.82, 2.24) is 9.97 Å². The van der Waals surface area contributed by atoms with Crippen molar-refractivity contribution in [1.29, 1.82) is 0 Å².